The lowest BCUT2D eigenvalue weighted by Crippen LogP contribution is -2.74. The highest BCUT2D eigenvalue weighted by Gasteiger charge is 2.16. The molecule has 0 unspecified atom stereocenters. The highest BCUT2D eigenvalue weighted by Crippen LogP contribution is 2.23. The molecule has 0 bridgehead atoms. The molecule has 1 rings (SSSR count). The van der Waals surface area contributed by atoms with Crippen molar-refractivity contribution in [3.8, 4) is 0 Å². The summed E-state index contributed by atoms with van der Waals surface area (Å²) < 4.78 is 0.685. The average molecular weight is 346 g/mol. The lowest BCUT2D eigenvalue weighted by Gasteiger charge is -2.23. The minimum Gasteiger partial charge on any atom is -0.390 e. The third kappa shape index (κ3) is 5.30. The Balaban J connectivity index is 2.82. The lowest BCUT2D eigenvalue weighted by atomic mass is 10.0. The van der Waals surface area contributed by atoms with Crippen LogP contribution in [0.2, 0.25) is 0 Å². The summed E-state index contributed by atoms with van der Waals surface area (Å²) in [5.74, 6) is 0. The van der Waals surface area contributed by atoms with Crippen LogP contribution in [0.15, 0.2) is 16.6 Å². The molecule has 1 aromatic carbocycles. The van der Waals surface area contributed by atoms with E-state index in [4.69, 9.17) is 5.21 Å². The first-order chi connectivity index (χ1) is 9.26. The molecule has 0 saturated carbocycles. The number of aliphatic hydroxyl groups is 1. The molecule has 4 N–H and O–H groups in total. The van der Waals surface area contributed by atoms with Crippen molar-refractivity contribution >= 4 is 27.9 Å². The number of benzene rings is 1. The summed E-state index contributed by atoms with van der Waals surface area (Å²) in [6.07, 6.45) is 1.46. The van der Waals surface area contributed by atoms with Gasteiger partial charge in [0.15, 0.2) is 5.69 Å². The Labute approximate surface area is 127 Å². The predicted octanol–water partition coefficient (Wildman–Crippen LogP) is 1.44. The number of nitrogens with two attached hydrogens (primary N) is 1. The van der Waals surface area contributed by atoms with Crippen LogP contribution in [0, 0.1) is 0 Å². The zero-order valence-corrected chi connectivity index (χ0v) is 13.6. The van der Waals surface area contributed by atoms with Gasteiger partial charge in [0, 0.05) is 24.7 Å². The molecule has 0 amide bonds. The third-order valence-corrected chi connectivity index (χ3v) is 3.76. The third-order valence-electron chi connectivity index (χ3n) is 3.07. The van der Waals surface area contributed by atoms with Gasteiger partial charge in [-0.05, 0) is 54.9 Å². The Morgan fingerprint density at radius 3 is 2.60 bits per heavy atom. The van der Waals surface area contributed by atoms with E-state index >= 15 is 0 Å². The van der Waals surface area contributed by atoms with E-state index in [0.29, 0.717) is 28.7 Å². The minimum atomic E-state index is -0.703. The van der Waals surface area contributed by atoms with Gasteiger partial charge in [0.2, 0.25) is 0 Å². The van der Waals surface area contributed by atoms with E-state index in [2.05, 4.69) is 15.9 Å². The van der Waals surface area contributed by atoms with E-state index in [1.165, 1.54) is 0 Å². The van der Waals surface area contributed by atoms with Crippen molar-refractivity contribution in [3.63, 3.8) is 0 Å². The summed E-state index contributed by atoms with van der Waals surface area (Å²) in [4.78, 5) is 13.2. The molecule has 112 valence electrons. The largest absolute Gasteiger partial charge is 0.390 e. The number of nitrogens with zero attached hydrogens (tertiary/aromatic N) is 1. The van der Waals surface area contributed by atoms with Gasteiger partial charge in [0.25, 0.3) is 0 Å². The fourth-order valence-corrected chi connectivity index (χ4v) is 2.30. The van der Waals surface area contributed by atoms with Crippen LogP contribution in [0.4, 0.5) is 5.69 Å². The molecule has 0 aliphatic heterocycles. The molecule has 5 nitrogen and oxygen atoms in total. The van der Waals surface area contributed by atoms with Gasteiger partial charge in [-0.2, -0.15) is 5.48 Å². The monoisotopic (exact) mass is 345 g/mol. The Hall–Kier alpha value is -0.790. The highest BCUT2D eigenvalue weighted by atomic mass is 79.9. The molecule has 0 fully saturated rings. The van der Waals surface area contributed by atoms with Crippen molar-refractivity contribution < 1.29 is 20.6 Å². The molecule has 6 heteroatoms. The maximum atomic E-state index is 11.1. The molecule has 0 saturated heterocycles. The quantitative estimate of drug-likeness (QED) is 0.397. The Morgan fingerprint density at radius 1 is 1.45 bits per heavy atom. The lowest BCUT2D eigenvalue weighted by molar-refractivity contribution is -0.826. The fourth-order valence-electron chi connectivity index (χ4n) is 1.83. The molecule has 20 heavy (non-hydrogen) atoms. The van der Waals surface area contributed by atoms with Gasteiger partial charge in [-0.3, -0.25) is 4.79 Å². The molecule has 0 radical (unpaired) electrons. The molecule has 1 aromatic rings. The van der Waals surface area contributed by atoms with Gasteiger partial charge in [-0.15, -0.1) is 0 Å². The number of rotatable bonds is 7. The van der Waals surface area contributed by atoms with Gasteiger partial charge in [0.1, 0.15) is 6.29 Å². The molecule has 0 aliphatic rings. The van der Waals surface area contributed by atoms with Crippen LogP contribution in [-0.4, -0.2) is 40.7 Å². The van der Waals surface area contributed by atoms with E-state index < -0.39 is 5.60 Å². The summed E-state index contributed by atoms with van der Waals surface area (Å²) in [6.45, 7) is 4.85. The van der Waals surface area contributed by atoms with Crippen molar-refractivity contribution in [3.05, 3.63) is 27.7 Å². The number of quaternary nitrogens is 1. The van der Waals surface area contributed by atoms with Crippen LogP contribution in [0.3, 0.4) is 0 Å². The number of aldehydes is 1. The summed E-state index contributed by atoms with van der Waals surface area (Å²) >= 11 is 3.31. The number of hydrogen-bond donors (Lipinski definition) is 3. The molecule has 0 atom stereocenters. The van der Waals surface area contributed by atoms with Crippen molar-refractivity contribution in [2.45, 2.75) is 32.4 Å². The summed E-state index contributed by atoms with van der Waals surface area (Å²) in [5, 5.41) is 18.9. The maximum Gasteiger partial charge on any atom is 0.176 e. The first-order valence-electron chi connectivity index (χ1n) is 6.43. The van der Waals surface area contributed by atoms with E-state index in [1.807, 2.05) is 11.9 Å². The molecule has 0 aromatic heterocycles. The van der Waals surface area contributed by atoms with Gasteiger partial charge >= 0.3 is 0 Å². The van der Waals surface area contributed by atoms with Crippen molar-refractivity contribution in [1.29, 1.82) is 0 Å². The van der Waals surface area contributed by atoms with E-state index in [-0.39, 0.29) is 0 Å². The normalized spacial score (nSPS) is 11.9. The van der Waals surface area contributed by atoms with E-state index in [0.717, 1.165) is 23.9 Å². The molecular formula is C14H22BrN2O3+. The van der Waals surface area contributed by atoms with Gasteiger partial charge < -0.3 is 10.0 Å². The second kappa shape index (κ2) is 7.28. The number of hydrogen-bond acceptors (Lipinski definition) is 4. The van der Waals surface area contributed by atoms with Crippen LogP contribution >= 0.6 is 15.9 Å². The molecule has 0 spiro atoms. The standard InChI is InChI=1S/C14H21BrN2O3/c1-14(2,19)4-5-17(3)8-10-7-13(16-20)12(15)6-11(10)9-18/h6-7,9,16,19-20H,4-5,8H2,1-3H3/p+1. The summed E-state index contributed by atoms with van der Waals surface area (Å²) in [6, 6.07) is 3.49. The van der Waals surface area contributed by atoms with Gasteiger partial charge in [-0.1, -0.05) is 0 Å². The molecular weight excluding hydrogens is 324 g/mol. The Kier molecular flexibility index (Phi) is 6.29. The topological polar surface area (TPSA) is 77.4 Å². The van der Waals surface area contributed by atoms with E-state index in [9.17, 15) is 9.90 Å². The zero-order valence-electron chi connectivity index (χ0n) is 12.1. The number of carbonyl (C=O) groups is 1. The Bertz CT molecular complexity index is 472. The van der Waals surface area contributed by atoms with Crippen LogP contribution in [0.1, 0.15) is 36.2 Å². The van der Waals surface area contributed by atoms with Crippen LogP contribution in [0.25, 0.3) is 0 Å². The average Bonchev–Trinajstić information content (AvgIpc) is 2.37. The smallest absolute Gasteiger partial charge is 0.176 e. The van der Waals surface area contributed by atoms with Gasteiger partial charge in [-0.25, -0.2) is 5.21 Å². The fraction of sp³-hybridized carbons (Fsp3) is 0.500. The second-order valence-corrected chi connectivity index (χ2v) is 6.47. The van der Waals surface area contributed by atoms with Crippen molar-refractivity contribution in [2.24, 2.45) is 0 Å². The number of halogens is 1. The minimum absolute atomic E-state index is 0.582. The molecule has 0 aliphatic carbocycles. The zero-order chi connectivity index (χ0) is 15.3. The van der Waals surface area contributed by atoms with Crippen molar-refractivity contribution in [1.82, 2.24) is 4.90 Å². The van der Waals surface area contributed by atoms with Crippen molar-refractivity contribution in [2.75, 3.05) is 13.6 Å². The first kappa shape index (κ1) is 17.3. The highest BCUT2D eigenvalue weighted by molar-refractivity contribution is 9.10. The van der Waals surface area contributed by atoms with Gasteiger partial charge in [0.05, 0.1) is 10.1 Å². The Morgan fingerprint density at radius 2 is 2.10 bits per heavy atom. The van der Waals surface area contributed by atoms with Crippen LogP contribution in [0.5, 0.6) is 0 Å². The first-order valence-corrected chi connectivity index (χ1v) is 7.22. The molecule has 0 heterocycles. The predicted molar refractivity (Wildman–Crippen MR) is 80.2 cm³/mol. The summed E-state index contributed by atoms with van der Waals surface area (Å²) in [7, 11) is 1.94. The number of carbonyl (C=O) groups excluding carboxylic acids is 1. The second-order valence-electron chi connectivity index (χ2n) is 5.62. The SMILES string of the molecule is CN(CCC(C)(C)O)Cc1cc([NH2+]O)c(Br)cc1C=O. The summed E-state index contributed by atoms with van der Waals surface area (Å²) in [5.41, 5.74) is 2.39. The maximum absolute atomic E-state index is 11.1. The van der Waals surface area contributed by atoms with Crippen LogP contribution in [-0.2, 0) is 6.54 Å². The van der Waals surface area contributed by atoms with E-state index in [1.54, 1.807) is 26.0 Å². The van der Waals surface area contributed by atoms with Crippen LogP contribution < -0.4 is 5.48 Å².